The summed E-state index contributed by atoms with van der Waals surface area (Å²) in [4.78, 5) is 35.4. The van der Waals surface area contributed by atoms with Crippen molar-refractivity contribution in [3.05, 3.63) is 12.2 Å². The van der Waals surface area contributed by atoms with Gasteiger partial charge in [-0.2, -0.15) is 0 Å². The molecule has 0 aromatic heterocycles. The molecule has 0 amide bonds. The highest BCUT2D eigenvalue weighted by Gasteiger charge is 2.27. The molecule has 0 aromatic rings. The number of carbonyl (C=O) groups excluding carboxylic acids is 2. The largest absolute Gasteiger partial charge is 0.472 e. The number of esters is 2. The number of carbonyl (C=O) groups is 2. The second kappa shape index (κ2) is 41.1. The van der Waals surface area contributed by atoms with Crippen LogP contribution >= 0.6 is 7.82 Å². The highest BCUT2D eigenvalue weighted by Crippen LogP contribution is 2.43. The Hall–Kier alpha value is -1.25. The van der Waals surface area contributed by atoms with E-state index in [4.69, 9.17) is 18.5 Å². The molecule has 0 aliphatic heterocycles. The summed E-state index contributed by atoms with van der Waals surface area (Å²) in [6.45, 7) is 4.38. The zero-order valence-corrected chi connectivity index (χ0v) is 39.7. The molecule has 0 saturated carbocycles. The Balaban J connectivity index is 4.30. The van der Waals surface area contributed by atoms with Crippen LogP contribution in [0.25, 0.3) is 0 Å². The number of rotatable bonds is 45. The molecule has 0 saturated heterocycles. The van der Waals surface area contributed by atoms with Crippen LogP contribution in [0.15, 0.2) is 12.2 Å². The van der Waals surface area contributed by atoms with E-state index < -0.39 is 32.5 Å². The highest BCUT2D eigenvalue weighted by atomic mass is 31.2. The Morgan fingerprint density at radius 2 is 0.931 bits per heavy atom. The second-order valence-electron chi connectivity index (χ2n) is 17.9. The fourth-order valence-electron chi connectivity index (χ4n) is 7.04. The lowest BCUT2D eigenvalue weighted by Crippen LogP contribution is -2.37. The van der Waals surface area contributed by atoms with Crippen molar-refractivity contribution < 1.29 is 42.1 Å². The predicted octanol–water partition coefficient (Wildman–Crippen LogP) is 14.1. The number of phosphoric acid groups is 1. The number of hydrogen-bond donors (Lipinski definition) is 1. The lowest BCUT2D eigenvalue weighted by molar-refractivity contribution is -0.870. The molecule has 2 unspecified atom stereocenters. The van der Waals surface area contributed by atoms with E-state index in [1.54, 1.807) is 0 Å². The SMILES string of the molecule is CCCCCCCCCCCCCCCCCC=CC(=O)OCC(COP(=O)(O)OCC[N+](C)(C)C)OC(=O)CCCCCCCCCCCCCCCCCCC. The van der Waals surface area contributed by atoms with Gasteiger partial charge in [0.2, 0.25) is 0 Å². The third-order valence-electron chi connectivity index (χ3n) is 10.9. The third kappa shape index (κ3) is 44.3. The summed E-state index contributed by atoms with van der Waals surface area (Å²) in [5.74, 6) is -0.977. The van der Waals surface area contributed by atoms with E-state index in [0.29, 0.717) is 17.4 Å². The van der Waals surface area contributed by atoms with Crippen molar-refractivity contribution in [2.75, 3.05) is 47.5 Å². The summed E-state index contributed by atoms with van der Waals surface area (Å²) in [5.41, 5.74) is 0. The van der Waals surface area contributed by atoms with E-state index in [1.165, 1.54) is 179 Å². The molecule has 0 heterocycles. The van der Waals surface area contributed by atoms with Crippen LogP contribution in [0, 0.1) is 0 Å². The summed E-state index contributed by atoms with van der Waals surface area (Å²) in [6.07, 6.45) is 44.5. The van der Waals surface area contributed by atoms with E-state index in [-0.39, 0.29) is 19.6 Å². The number of allylic oxidation sites excluding steroid dienone is 1. The highest BCUT2D eigenvalue weighted by molar-refractivity contribution is 7.47. The van der Waals surface area contributed by atoms with Crippen LogP contribution in [-0.2, 0) is 32.7 Å². The van der Waals surface area contributed by atoms with Gasteiger partial charge in [-0.25, -0.2) is 9.36 Å². The normalized spacial score (nSPS) is 13.6. The van der Waals surface area contributed by atoms with Crippen LogP contribution in [0.3, 0.4) is 0 Å². The number of quaternary nitrogens is 1. The van der Waals surface area contributed by atoms with Crippen molar-refractivity contribution in [2.45, 2.75) is 238 Å². The molecule has 344 valence electrons. The molecule has 0 aliphatic rings. The zero-order chi connectivity index (χ0) is 42.8. The van der Waals surface area contributed by atoms with E-state index >= 15 is 0 Å². The Labute approximate surface area is 358 Å². The lowest BCUT2D eigenvalue weighted by atomic mass is 10.0. The molecule has 10 heteroatoms. The van der Waals surface area contributed by atoms with Crippen molar-refractivity contribution >= 4 is 19.8 Å². The topological polar surface area (TPSA) is 108 Å². The van der Waals surface area contributed by atoms with Crippen LogP contribution in [-0.4, -0.2) is 74.9 Å². The van der Waals surface area contributed by atoms with Crippen LogP contribution in [0.5, 0.6) is 0 Å². The fraction of sp³-hybridized carbons (Fsp3) is 0.917. The number of phosphoric ester groups is 1. The maximum absolute atomic E-state index is 12.7. The number of unbranched alkanes of at least 4 members (excludes halogenated alkanes) is 31. The number of likely N-dealkylation sites (N-methyl/N-ethyl adjacent to an activating group) is 1. The minimum absolute atomic E-state index is 0.0280. The number of ether oxygens (including phenoxy) is 2. The van der Waals surface area contributed by atoms with Gasteiger partial charge in [0.15, 0.2) is 6.10 Å². The number of hydrogen-bond acceptors (Lipinski definition) is 7. The first-order valence-electron chi connectivity index (χ1n) is 24.4. The molecule has 2 atom stereocenters. The van der Waals surface area contributed by atoms with Crippen molar-refractivity contribution in [2.24, 2.45) is 0 Å². The first kappa shape index (κ1) is 56.8. The second-order valence-corrected chi connectivity index (χ2v) is 19.4. The first-order chi connectivity index (χ1) is 28.0. The van der Waals surface area contributed by atoms with Crippen molar-refractivity contribution in [3.8, 4) is 0 Å². The summed E-state index contributed by atoms with van der Waals surface area (Å²) in [7, 11) is 1.47. The molecule has 1 N–H and O–H groups in total. The van der Waals surface area contributed by atoms with Crippen molar-refractivity contribution in [1.82, 2.24) is 0 Å². The fourth-order valence-corrected chi connectivity index (χ4v) is 7.78. The summed E-state index contributed by atoms with van der Waals surface area (Å²) in [6, 6.07) is 0. The minimum Gasteiger partial charge on any atom is -0.458 e. The zero-order valence-electron chi connectivity index (χ0n) is 38.8. The van der Waals surface area contributed by atoms with E-state index in [2.05, 4.69) is 13.8 Å². The summed E-state index contributed by atoms with van der Waals surface area (Å²) < 4.78 is 34.3. The molecule has 0 fully saturated rings. The molecule has 0 radical (unpaired) electrons. The van der Waals surface area contributed by atoms with Gasteiger partial charge in [-0.15, -0.1) is 0 Å². The quantitative estimate of drug-likeness (QED) is 0.0212. The maximum atomic E-state index is 12.7. The Kier molecular flexibility index (Phi) is 40.2. The van der Waals surface area contributed by atoms with E-state index in [1.807, 2.05) is 27.2 Å². The van der Waals surface area contributed by atoms with Crippen LogP contribution < -0.4 is 0 Å². The van der Waals surface area contributed by atoms with Crippen molar-refractivity contribution in [1.29, 1.82) is 0 Å². The number of nitrogens with zero attached hydrogens (tertiary/aromatic N) is 1. The van der Waals surface area contributed by atoms with Gasteiger partial charge in [0.25, 0.3) is 0 Å². The maximum Gasteiger partial charge on any atom is 0.472 e. The average molecular weight is 845 g/mol. The van der Waals surface area contributed by atoms with Crippen molar-refractivity contribution in [3.63, 3.8) is 0 Å². The molecule has 0 aliphatic carbocycles. The molecule has 9 nitrogen and oxygen atoms in total. The Bertz CT molecular complexity index is 1000. The average Bonchev–Trinajstić information content (AvgIpc) is 3.17. The third-order valence-corrected chi connectivity index (χ3v) is 11.8. The van der Waals surface area contributed by atoms with Gasteiger partial charge in [0.1, 0.15) is 19.8 Å². The standard InChI is InChI=1S/C48H94NO8P/c1-6-8-10-12-14-16-18-20-22-24-26-28-30-32-34-36-38-40-47(50)54-44-46(45-56-58(52,53)55-43-42-49(3,4)5)57-48(51)41-39-37-35-33-31-29-27-25-23-21-19-17-15-13-11-9-7-2/h38,40,46H,6-37,39,41-45H2,1-5H3/p+1. The first-order valence-corrected chi connectivity index (χ1v) is 25.9. The summed E-state index contributed by atoms with van der Waals surface area (Å²) >= 11 is 0. The minimum atomic E-state index is -4.38. The molecule has 0 bridgehead atoms. The van der Waals surface area contributed by atoms with E-state index in [0.717, 1.165) is 32.1 Å². The van der Waals surface area contributed by atoms with Crippen LogP contribution in [0.1, 0.15) is 232 Å². The molecule has 0 spiro atoms. The predicted molar refractivity (Wildman–Crippen MR) is 243 cm³/mol. The summed E-state index contributed by atoms with van der Waals surface area (Å²) in [5, 5.41) is 0. The monoisotopic (exact) mass is 845 g/mol. The molecular weight excluding hydrogens is 750 g/mol. The van der Waals surface area contributed by atoms with Gasteiger partial charge >= 0.3 is 19.8 Å². The van der Waals surface area contributed by atoms with Gasteiger partial charge in [-0.05, 0) is 19.3 Å². The van der Waals surface area contributed by atoms with Gasteiger partial charge in [-0.3, -0.25) is 13.8 Å². The van der Waals surface area contributed by atoms with Gasteiger partial charge < -0.3 is 18.9 Å². The van der Waals surface area contributed by atoms with E-state index in [9.17, 15) is 19.0 Å². The lowest BCUT2D eigenvalue weighted by Gasteiger charge is -2.24. The Morgan fingerprint density at radius 1 is 0.552 bits per heavy atom. The van der Waals surface area contributed by atoms with Gasteiger partial charge in [-0.1, -0.05) is 213 Å². The van der Waals surface area contributed by atoms with Crippen LogP contribution in [0.4, 0.5) is 0 Å². The van der Waals surface area contributed by atoms with Crippen LogP contribution in [0.2, 0.25) is 0 Å². The smallest absolute Gasteiger partial charge is 0.458 e. The molecule has 58 heavy (non-hydrogen) atoms. The Morgan fingerprint density at radius 3 is 1.33 bits per heavy atom. The molecule has 0 rings (SSSR count). The van der Waals surface area contributed by atoms with Gasteiger partial charge in [0, 0.05) is 12.5 Å². The van der Waals surface area contributed by atoms with Gasteiger partial charge in [0.05, 0.1) is 27.7 Å². The molecular formula is C48H95NO8P+. The molecule has 0 aromatic carbocycles.